The summed E-state index contributed by atoms with van der Waals surface area (Å²) < 4.78 is 0. The molecule has 1 saturated heterocycles. The number of amides is 3. The van der Waals surface area contributed by atoms with Gasteiger partial charge in [0.2, 0.25) is 5.91 Å². The Balaban J connectivity index is 1.66. The summed E-state index contributed by atoms with van der Waals surface area (Å²) in [6, 6.07) is 5.32. The Morgan fingerprint density at radius 1 is 1.29 bits per heavy atom. The van der Waals surface area contributed by atoms with Crippen molar-refractivity contribution in [3.63, 3.8) is 0 Å². The van der Waals surface area contributed by atoms with Gasteiger partial charge in [-0.2, -0.15) is 0 Å². The van der Waals surface area contributed by atoms with Gasteiger partial charge in [-0.1, -0.05) is 12.1 Å². The number of nitrogens with one attached hydrogen (secondary N) is 2. The zero-order chi connectivity index (χ0) is 17.1. The van der Waals surface area contributed by atoms with Crippen LogP contribution < -0.4 is 16.4 Å². The third kappa shape index (κ3) is 3.41. The van der Waals surface area contributed by atoms with Crippen LogP contribution >= 0.6 is 0 Å². The molecule has 7 nitrogen and oxygen atoms in total. The van der Waals surface area contributed by atoms with Gasteiger partial charge in [-0.25, -0.2) is 0 Å². The molecule has 3 rings (SSSR count). The lowest BCUT2D eigenvalue weighted by Gasteiger charge is -2.30. The standard InChI is InChI=1S/C17H22N4O3/c18-15(22)14-5-1-3-11-10-21(8-6-13(11)14)17(24)16(23)20-12-4-2-7-19-9-12/h1,3,5,12,19H,2,4,6-10H2,(H2,18,22)(H,20,23)/t12-/m1/s1. The third-order valence-electron chi connectivity index (χ3n) is 4.64. The van der Waals surface area contributed by atoms with Crippen molar-refractivity contribution in [3.8, 4) is 0 Å². The first-order valence-electron chi connectivity index (χ1n) is 8.27. The second-order valence-electron chi connectivity index (χ2n) is 6.30. The maximum Gasteiger partial charge on any atom is 0.312 e. The summed E-state index contributed by atoms with van der Waals surface area (Å²) in [6.07, 6.45) is 2.40. The highest BCUT2D eigenvalue weighted by Gasteiger charge is 2.29. The van der Waals surface area contributed by atoms with E-state index in [0.717, 1.165) is 30.5 Å². The fraction of sp³-hybridized carbons (Fsp3) is 0.471. The van der Waals surface area contributed by atoms with Gasteiger partial charge in [0.05, 0.1) is 0 Å². The van der Waals surface area contributed by atoms with E-state index in [1.807, 2.05) is 6.07 Å². The Labute approximate surface area is 140 Å². The molecule has 24 heavy (non-hydrogen) atoms. The molecule has 3 amide bonds. The van der Waals surface area contributed by atoms with Gasteiger partial charge in [0.1, 0.15) is 0 Å². The highest BCUT2D eigenvalue weighted by atomic mass is 16.2. The van der Waals surface area contributed by atoms with Gasteiger partial charge in [0.15, 0.2) is 0 Å². The second kappa shape index (κ2) is 7.00. The summed E-state index contributed by atoms with van der Waals surface area (Å²) in [4.78, 5) is 37.6. The van der Waals surface area contributed by atoms with Crippen LogP contribution in [0.25, 0.3) is 0 Å². The molecule has 0 radical (unpaired) electrons. The first kappa shape index (κ1) is 16.4. The van der Waals surface area contributed by atoms with Gasteiger partial charge >= 0.3 is 11.8 Å². The van der Waals surface area contributed by atoms with Crippen LogP contribution in [0.1, 0.15) is 34.3 Å². The summed E-state index contributed by atoms with van der Waals surface area (Å²) >= 11 is 0. The molecular formula is C17H22N4O3. The van der Waals surface area contributed by atoms with Gasteiger partial charge in [-0.3, -0.25) is 14.4 Å². The quantitative estimate of drug-likeness (QED) is 0.638. The van der Waals surface area contributed by atoms with Crippen molar-refractivity contribution in [1.29, 1.82) is 0 Å². The Bertz CT molecular complexity index is 668. The molecular weight excluding hydrogens is 308 g/mol. The number of carbonyl (C=O) groups excluding carboxylic acids is 3. The summed E-state index contributed by atoms with van der Waals surface area (Å²) in [7, 11) is 0. The molecule has 0 spiro atoms. The fourth-order valence-corrected chi connectivity index (χ4v) is 3.38. The minimum atomic E-state index is -0.557. The van der Waals surface area contributed by atoms with Crippen molar-refractivity contribution in [2.24, 2.45) is 5.73 Å². The number of carbonyl (C=O) groups is 3. The first-order chi connectivity index (χ1) is 11.6. The zero-order valence-electron chi connectivity index (χ0n) is 13.5. The summed E-state index contributed by atoms with van der Waals surface area (Å²) in [6.45, 7) is 2.38. The summed E-state index contributed by atoms with van der Waals surface area (Å²) in [5.41, 5.74) is 7.65. The van der Waals surface area contributed by atoms with Crippen LogP contribution in [-0.4, -0.2) is 48.3 Å². The maximum atomic E-state index is 12.4. The van der Waals surface area contributed by atoms with E-state index >= 15 is 0 Å². The van der Waals surface area contributed by atoms with E-state index in [0.29, 0.717) is 31.6 Å². The molecule has 4 N–H and O–H groups in total. The number of nitrogens with two attached hydrogens (primary N) is 1. The maximum absolute atomic E-state index is 12.4. The summed E-state index contributed by atoms with van der Waals surface area (Å²) in [5.74, 6) is -1.54. The van der Waals surface area contributed by atoms with E-state index in [1.54, 1.807) is 12.1 Å². The highest BCUT2D eigenvalue weighted by Crippen LogP contribution is 2.22. The average molecular weight is 330 g/mol. The predicted octanol–water partition coefficient (Wildman–Crippen LogP) is -0.462. The van der Waals surface area contributed by atoms with Crippen molar-refractivity contribution >= 4 is 17.7 Å². The monoisotopic (exact) mass is 330 g/mol. The topological polar surface area (TPSA) is 105 Å². The molecule has 0 bridgehead atoms. The van der Waals surface area contributed by atoms with E-state index in [-0.39, 0.29) is 6.04 Å². The minimum Gasteiger partial charge on any atom is -0.366 e. The smallest absolute Gasteiger partial charge is 0.312 e. The van der Waals surface area contributed by atoms with Crippen molar-refractivity contribution in [2.45, 2.75) is 31.8 Å². The lowest BCUT2D eigenvalue weighted by molar-refractivity contribution is -0.146. The Kier molecular flexibility index (Phi) is 4.80. The molecule has 2 aliphatic rings. The summed E-state index contributed by atoms with van der Waals surface area (Å²) in [5, 5.41) is 6.01. The molecule has 1 atom stereocenters. The van der Waals surface area contributed by atoms with E-state index in [9.17, 15) is 14.4 Å². The number of piperidine rings is 1. The third-order valence-corrected chi connectivity index (χ3v) is 4.64. The van der Waals surface area contributed by atoms with Crippen LogP contribution in [0, 0.1) is 0 Å². The second-order valence-corrected chi connectivity index (χ2v) is 6.30. The van der Waals surface area contributed by atoms with Crippen LogP contribution in [0.5, 0.6) is 0 Å². The molecule has 0 unspecified atom stereocenters. The predicted molar refractivity (Wildman–Crippen MR) is 88.1 cm³/mol. The van der Waals surface area contributed by atoms with Crippen LogP contribution in [-0.2, 0) is 22.6 Å². The van der Waals surface area contributed by atoms with Crippen LogP contribution in [0.3, 0.4) is 0 Å². The van der Waals surface area contributed by atoms with Gasteiger partial charge in [-0.15, -0.1) is 0 Å². The molecule has 0 aromatic heterocycles. The molecule has 7 heteroatoms. The van der Waals surface area contributed by atoms with Gasteiger partial charge < -0.3 is 21.3 Å². The fourth-order valence-electron chi connectivity index (χ4n) is 3.38. The Hall–Kier alpha value is -2.41. The SMILES string of the molecule is NC(=O)c1cccc2c1CCN(C(=O)C(=O)N[C@@H]1CCCNC1)C2. The number of fused-ring (bicyclic) bond motifs is 1. The lowest BCUT2D eigenvalue weighted by Crippen LogP contribution is -2.51. The van der Waals surface area contributed by atoms with Crippen molar-refractivity contribution in [2.75, 3.05) is 19.6 Å². The van der Waals surface area contributed by atoms with Crippen molar-refractivity contribution < 1.29 is 14.4 Å². The van der Waals surface area contributed by atoms with Crippen molar-refractivity contribution in [1.82, 2.24) is 15.5 Å². The number of nitrogens with zero attached hydrogens (tertiary/aromatic N) is 1. The Morgan fingerprint density at radius 3 is 2.83 bits per heavy atom. The lowest BCUT2D eigenvalue weighted by atomic mass is 9.94. The normalized spacial score (nSPS) is 20.2. The van der Waals surface area contributed by atoms with Crippen molar-refractivity contribution in [3.05, 3.63) is 34.9 Å². The molecule has 0 saturated carbocycles. The molecule has 1 fully saturated rings. The molecule has 1 aromatic carbocycles. The zero-order valence-corrected chi connectivity index (χ0v) is 13.5. The van der Waals surface area contributed by atoms with E-state index < -0.39 is 17.7 Å². The number of primary amides is 1. The number of rotatable bonds is 2. The highest BCUT2D eigenvalue weighted by molar-refractivity contribution is 6.35. The van der Waals surface area contributed by atoms with Crippen LogP contribution in [0.4, 0.5) is 0 Å². The number of hydrogen-bond acceptors (Lipinski definition) is 4. The van der Waals surface area contributed by atoms with E-state index in [2.05, 4.69) is 10.6 Å². The van der Waals surface area contributed by atoms with E-state index in [4.69, 9.17) is 5.73 Å². The van der Waals surface area contributed by atoms with E-state index in [1.165, 1.54) is 4.90 Å². The molecule has 2 heterocycles. The number of benzene rings is 1. The largest absolute Gasteiger partial charge is 0.366 e. The average Bonchev–Trinajstić information content (AvgIpc) is 2.60. The van der Waals surface area contributed by atoms with Gasteiger partial charge in [0, 0.05) is 31.2 Å². The molecule has 0 aliphatic carbocycles. The minimum absolute atomic E-state index is 0.00809. The Morgan fingerprint density at radius 2 is 2.12 bits per heavy atom. The molecule has 128 valence electrons. The van der Waals surface area contributed by atoms with Gasteiger partial charge in [0.25, 0.3) is 0 Å². The molecule has 1 aromatic rings. The first-order valence-corrected chi connectivity index (χ1v) is 8.27. The molecule has 2 aliphatic heterocycles. The van der Waals surface area contributed by atoms with Crippen LogP contribution in [0.2, 0.25) is 0 Å². The van der Waals surface area contributed by atoms with Crippen LogP contribution in [0.15, 0.2) is 18.2 Å². The van der Waals surface area contributed by atoms with Gasteiger partial charge in [-0.05, 0) is 43.0 Å². The number of hydrogen-bond donors (Lipinski definition) is 3.